The molecule has 1 aliphatic rings. The van der Waals surface area contributed by atoms with Gasteiger partial charge in [-0.05, 0) is 44.2 Å². The summed E-state index contributed by atoms with van der Waals surface area (Å²) in [5, 5.41) is 11.2. The third-order valence-corrected chi connectivity index (χ3v) is 5.19. The molecule has 3 atom stereocenters. The van der Waals surface area contributed by atoms with Gasteiger partial charge in [0.15, 0.2) is 5.67 Å². The summed E-state index contributed by atoms with van der Waals surface area (Å²) in [4.78, 5) is 19.9. The number of rotatable bonds is 3. The summed E-state index contributed by atoms with van der Waals surface area (Å²) in [5.74, 6) is -1.81. The van der Waals surface area contributed by atoms with Crippen LogP contribution in [0.3, 0.4) is 0 Å². The van der Waals surface area contributed by atoms with Crippen LogP contribution in [-0.4, -0.2) is 34.9 Å². The van der Waals surface area contributed by atoms with Gasteiger partial charge in [0.05, 0.1) is 5.56 Å². The fourth-order valence-corrected chi connectivity index (χ4v) is 3.31. The van der Waals surface area contributed by atoms with E-state index in [1.165, 1.54) is 12.1 Å². The monoisotopic (exact) mass is 453 g/mol. The molecule has 0 bridgehead atoms. The first kappa shape index (κ1) is 22.9. The molecule has 3 rings (SSSR count). The molecule has 0 aliphatic carbocycles. The number of nitrogens with two attached hydrogens (primary N) is 1. The first-order valence-corrected chi connectivity index (χ1v) is 9.04. The summed E-state index contributed by atoms with van der Waals surface area (Å²) in [7, 11) is 0. The summed E-state index contributed by atoms with van der Waals surface area (Å²) in [6.07, 6.45) is -7.00. The normalized spacial score (nSPS) is 25.3. The van der Waals surface area contributed by atoms with Crippen LogP contribution in [0.5, 0.6) is 0 Å². The van der Waals surface area contributed by atoms with E-state index in [2.05, 4.69) is 20.0 Å². The standard InChI is InChI=1S/C20H16F5N5O2/c1-18(22)16(20(23,24)25)32-17(27)30-19(18,2)12-7-11(4-5-13(12)21)29-15(31)14-6-3-10(8-26)9-28-14/h3-7,9,16H,1-2H3,(H2,27,30)(H,29,31)/t16-,18+,19-/m1/s1. The van der Waals surface area contributed by atoms with E-state index in [1.807, 2.05) is 6.07 Å². The van der Waals surface area contributed by atoms with Gasteiger partial charge in [-0.25, -0.2) is 18.8 Å². The molecule has 1 aromatic heterocycles. The lowest BCUT2D eigenvalue weighted by Crippen LogP contribution is -2.62. The number of amides is 1. The second-order valence-corrected chi connectivity index (χ2v) is 7.33. The number of anilines is 1. The maximum atomic E-state index is 15.6. The van der Waals surface area contributed by atoms with E-state index in [9.17, 15) is 22.4 Å². The summed E-state index contributed by atoms with van der Waals surface area (Å²) in [6, 6.07) is 6.45. The highest BCUT2D eigenvalue weighted by Crippen LogP contribution is 2.50. The van der Waals surface area contributed by atoms with Crippen molar-refractivity contribution in [2.75, 3.05) is 5.32 Å². The quantitative estimate of drug-likeness (QED) is 0.690. The molecule has 1 amide bonds. The molecule has 3 N–H and O–H groups in total. The molecule has 2 heterocycles. The van der Waals surface area contributed by atoms with E-state index < -0.39 is 46.8 Å². The zero-order valence-corrected chi connectivity index (χ0v) is 16.7. The van der Waals surface area contributed by atoms with Crippen LogP contribution in [0.15, 0.2) is 41.5 Å². The number of hydrogen-bond acceptors (Lipinski definition) is 6. The number of halogens is 5. The Morgan fingerprint density at radius 1 is 1.28 bits per heavy atom. The lowest BCUT2D eigenvalue weighted by molar-refractivity contribution is -0.250. The highest BCUT2D eigenvalue weighted by Gasteiger charge is 2.66. The minimum Gasteiger partial charge on any atom is -0.449 e. The summed E-state index contributed by atoms with van der Waals surface area (Å²) >= 11 is 0. The number of ether oxygens (including phenoxy) is 1. The Morgan fingerprint density at radius 3 is 2.53 bits per heavy atom. The second kappa shape index (κ2) is 7.74. The number of pyridine rings is 1. The van der Waals surface area contributed by atoms with E-state index in [1.54, 1.807) is 0 Å². The predicted molar refractivity (Wildman–Crippen MR) is 103 cm³/mol. The smallest absolute Gasteiger partial charge is 0.428 e. The number of alkyl halides is 4. The van der Waals surface area contributed by atoms with E-state index in [0.29, 0.717) is 6.92 Å². The van der Waals surface area contributed by atoms with Gasteiger partial charge in [-0.3, -0.25) is 4.79 Å². The molecule has 1 aromatic carbocycles. The lowest BCUT2D eigenvalue weighted by Gasteiger charge is -2.46. The minimum absolute atomic E-state index is 0.0570. The van der Waals surface area contributed by atoms with Crippen molar-refractivity contribution in [1.82, 2.24) is 4.98 Å². The number of nitriles is 1. The van der Waals surface area contributed by atoms with Crippen molar-refractivity contribution in [3.8, 4) is 6.07 Å². The number of aliphatic imine (C=N–C) groups is 1. The van der Waals surface area contributed by atoms with Crippen LogP contribution in [0.1, 0.15) is 35.5 Å². The molecule has 1 aliphatic heterocycles. The Bertz CT molecular complexity index is 1120. The molecular weight excluding hydrogens is 437 g/mol. The Hall–Kier alpha value is -3.75. The zero-order chi connectivity index (χ0) is 23.9. The fourth-order valence-electron chi connectivity index (χ4n) is 3.31. The lowest BCUT2D eigenvalue weighted by atomic mass is 9.74. The average molecular weight is 453 g/mol. The van der Waals surface area contributed by atoms with Crippen LogP contribution in [0, 0.1) is 17.1 Å². The first-order valence-electron chi connectivity index (χ1n) is 9.04. The molecule has 0 spiro atoms. The van der Waals surface area contributed by atoms with Gasteiger partial charge >= 0.3 is 6.18 Å². The second-order valence-electron chi connectivity index (χ2n) is 7.33. The van der Waals surface area contributed by atoms with Crippen LogP contribution >= 0.6 is 0 Å². The van der Waals surface area contributed by atoms with Gasteiger partial charge in [0.1, 0.15) is 23.1 Å². The van der Waals surface area contributed by atoms with E-state index in [-0.39, 0.29) is 16.9 Å². The number of aromatic nitrogens is 1. The Morgan fingerprint density at radius 2 is 1.97 bits per heavy atom. The molecule has 0 saturated heterocycles. The number of hydrogen-bond donors (Lipinski definition) is 2. The molecular formula is C20H16F5N5O2. The van der Waals surface area contributed by atoms with Crippen molar-refractivity contribution < 1.29 is 31.5 Å². The van der Waals surface area contributed by atoms with Crippen molar-refractivity contribution >= 4 is 17.6 Å². The van der Waals surface area contributed by atoms with Crippen LogP contribution in [-0.2, 0) is 10.3 Å². The molecule has 0 radical (unpaired) electrons. The highest BCUT2D eigenvalue weighted by molar-refractivity contribution is 6.02. The number of carbonyl (C=O) groups is 1. The molecule has 7 nitrogen and oxygen atoms in total. The Labute approximate surface area is 178 Å². The third kappa shape index (κ3) is 3.93. The summed E-state index contributed by atoms with van der Waals surface area (Å²) in [5.41, 5.74) is -0.829. The van der Waals surface area contributed by atoms with E-state index in [4.69, 9.17) is 11.0 Å². The first-order chi connectivity index (χ1) is 14.8. The zero-order valence-electron chi connectivity index (χ0n) is 16.7. The number of nitrogens with one attached hydrogen (secondary N) is 1. The van der Waals surface area contributed by atoms with Crippen LogP contribution in [0.2, 0.25) is 0 Å². The van der Waals surface area contributed by atoms with Crippen molar-refractivity contribution in [2.24, 2.45) is 10.7 Å². The van der Waals surface area contributed by atoms with Crippen molar-refractivity contribution in [2.45, 2.75) is 37.3 Å². The van der Waals surface area contributed by atoms with E-state index >= 15 is 4.39 Å². The van der Waals surface area contributed by atoms with Gasteiger partial charge in [-0.15, -0.1) is 0 Å². The highest BCUT2D eigenvalue weighted by atomic mass is 19.4. The molecule has 0 fully saturated rings. The van der Waals surface area contributed by atoms with Crippen LogP contribution in [0.25, 0.3) is 0 Å². The number of nitrogens with zero attached hydrogens (tertiary/aromatic N) is 3. The molecule has 0 saturated carbocycles. The van der Waals surface area contributed by atoms with Crippen molar-refractivity contribution in [3.63, 3.8) is 0 Å². The SMILES string of the molecule is C[C@]1(F)[C@H](C(F)(F)F)OC(N)=N[C@]1(C)c1cc(NC(=O)c2ccc(C#N)cn2)ccc1F. The van der Waals surface area contributed by atoms with Gasteiger partial charge < -0.3 is 15.8 Å². The van der Waals surface area contributed by atoms with Crippen molar-refractivity contribution in [1.29, 1.82) is 5.26 Å². The molecule has 12 heteroatoms. The summed E-state index contributed by atoms with van der Waals surface area (Å²) < 4.78 is 74.9. The maximum Gasteiger partial charge on any atom is 0.428 e. The van der Waals surface area contributed by atoms with Gasteiger partial charge in [0.2, 0.25) is 6.10 Å². The largest absolute Gasteiger partial charge is 0.449 e. The number of carbonyl (C=O) groups excluding carboxylic acids is 1. The minimum atomic E-state index is -5.16. The van der Waals surface area contributed by atoms with Gasteiger partial charge in [-0.1, -0.05) is 0 Å². The van der Waals surface area contributed by atoms with Gasteiger partial charge in [0, 0.05) is 17.4 Å². The Balaban J connectivity index is 2.01. The predicted octanol–water partition coefficient (Wildman–Crippen LogP) is 3.56. The van der Waals surface area contributed by atoms with Crippen LogP contribution in [0.4, 0.5) is 27.6 Å². The van der Waals surface area contributed by atoms with E-state index in [0.717, 1.165) is 31.3 Å². The maximum absolute atomic E-state index is 15.6. The average Bonchev–Trinajstić information content (AvgIpc) is 2.71. The van der Waals surface area contributed by atoms with Gasteiger partial charge in [0.25, 0.3) is 11.9 Å². The molecule has 2 aromatic rings. The molecule has 32 heavy (non-hydrogen) atoms. The topological polar surface area (TPSA) is 113 Å². The third-order valence-electron chi connectivity index (χ3n) is 5.19. The Kier molecular flexibility index (Phi) is 5.55. The molecule has 0 unspecified atom stereocenters. The molecule has 168 valence electrons. The number of amidine groups is 1. The van der Waals surface area contributed by atoms with Crippen LogP contribution < -0.4 is 11.1 Å². The van der Waals surface area contributed by atoms with Crippen molar-refractivity contribution in [3.05, 3.63) is 59.2 Å². The number of benzene rings is 1. The summed E-state index contributed by atoms with van der Waals surface area (Å²) in [6.45, 7) is 1.54. The fraction of sp³-hybridized carbons (Fsp3) is 0.300. The van der Waals surface area contributed by atoms with Gasteiger partial charge in [-0.2, -0.15) is 18.4 Å².